The fraction of sp³-hybridized carbons (Fsp3) is 0.688. The first kappa shape index (κ1) is 24.0. The number of amides is 4. The van der Waals surface area contributed by atoms with Gasteiger partial charge in [0.25, 0.3) is 0 Å². The first-order chi connectivity index (χ1) is 12.6. The molecule has 4 amide bonds. The number of halogens is 1. The smallest absolute Gasteiger partial charge is 0.324 e. The van der Waals surface area contributed by atoms with Gasteiger partial charge in [-0.05, 0) is 20.8 Å². The van der Waals surface area contributed by atoms with E-state index in [9.17, 15) is 24.0 Å². The third kappa shape index (κ3) is 5.71. The predicted octanol–water partition coefficient (Wildman–Crippen LogP) is -2.34. The van der Waals surface area contributed by atoms with Crippen molar-refractivity contribution in [2.45, 2.75) is 38.9 Å². The van der Waals surface area contributed by atoms with Crippen LogP contribution >= 0.6 is 12.4 Å². The number of esters is 1. The van der Waals surface area contributed by atoms with Crippen molar-refractivity contribution in [1.29, 1.82) is 0 Å². The molecule has 0 aromatic heterocycles. The van der Waals surface area contributed by atoms with Crippen LogP contribution in [-0.2, 0) is 28.7 Å². The monoisotopic (exact) mass is 419 g/mol. The van der Waals surface area contributed by atoms with Gasteiger partial charge in [0.1, 0.15) is 6.04 Å². The molecule has 12 heteroatoms. The van der Waals surface area contributed by atoms with Gasteiger partial charge in [-0.15, -0.1) is 12.4 Å². The van der Waals surface area contributed by atoms with Crippen LogP contribution in [0.3, 0.4) is 0 Å². The van der Waals surface area contributed by atoms with E-state index in [0.717, 1.165) is 4.90 Å². The molecule has 0 aliphatic carbocycles. The number of hydrogen-bond acceptors (Lipinski definition) is 9. The lowest BCUT2D eigenvalue weighted by atomic mass is 10.1. The second-order valence-electron chi connectivity index (χ2n) is 6.86. The van der Waals surface area contributed by atoms with Crippen molar-refractivity contribution in [2.24, 2.45) is 5.73 Å². The summed E-state index contributed by atoms with van der Waals surface area (Å²) in [5.74, 6) is -2.44. The molecular formula is C16H26ClN5O6. The topological polar surface area (TPSA) is 142 Å². The number of nitrogens with two attached hydrogens (primary N) is 1. The summed E-state index contributed by atoms with van der Waals surface area (Å²) in [4.78, 5) is 63.4. The molecule has 28 heavy (non-hydrogen) atoms. The zero-order valence-electron chi connectivity index (χ0n) is 16.0. The van der Waals surface area contributed by atoms with E-state index in [1.165, 1.54) is 6.92 Å². The molecular weight excluding hydrogens is 394 g/mol. The number of nitrogens with one attached hydrogen (secondary N) is 1. The molecule has 2 unspecified atom stereocenters. The van der Waals surface area contributed by atoms with Gasteiger partial charge in [-0.3, -0.25) is 39.1 Å². The highest BCUT2D eigenvalue weighted by atomic mass is 35.5. The largest absolute Gasteiger partial charge is 0.443 e. The third-order valence-electron chi connectivity index (χ3n) is 4.81. The summed E-state index contributed by atoms with van der Waals surface area (Å²) in [6, 6.07) is -1.34. The van der Waals surface area contributed by atoms with Crippen molar-refractivity contribution in [3.8, 4) is 0 Å². The predicted molar refractivity (Wildman–Crippen MR) is 98.9 cm³/mol. The Morgan fingerprint density at radius 1 is 0.964 bits per heavy atom. The fourth-order valence-corrected chi connectivity index (χ4v) is 2.96. The van der Waals surface area contributed by atoms with E-state index in [0.29, 0.717) is 0 Å². The van der Waals surface area contributed by atoms with E-state index >= 15 is 0 Å². The van der Waals surface area contributed by atoms with Gasteiger partial charge in [0, 0.05) is 12.1 Å². The van der Waals surface area contributed by atoms with Crippen LogP contribution in [0.2, 0.25) is 0 Å². The second kappa shape index (κ2) is 9.92. The summed E-state index contributed by atoms with van der Waals surface area (Å²) in [5.41, 5.74) is 5.38. The Hall–Kier alpha value is -2.08. The maximum Gasteiger partial charge on any atom is 0.324 e. The number of nitrogens with zero attached hydrogens (tertiary/aromatic N) is 3. The molecule has 11 nitrogen and oxygen atoms in total. The Balaban J connectivity index is 0.00000392. The van der Waals surface area contributed by atoms with Crippen LogP contribution in [0.4, 0.5) is 0 Å². The lowest BCUT2D eigenvalue weighted by Gasteiger charge is -2.41. The molecule has 0 saturated carbocycles. The van der Waals surface area contributed by atoms with Crippen LogP contribution in [0.1, 0.15) is 20.8 Å². The molecule has 2 aliphatic rings. The van der Waals surface area contributed by atoms with Crippen molar-refractivity contribution in [1.82, 2.24) is 20.0 Å². The zero-order valence-corrected chi connectivity index (χ0v) is 16.9. The molecule has 0 bridgehead atoms. The van der Waals surface area contributed by atoms with Gasteiger partial charge in [0.05, 0.1) is 26.2 Å². The molecule has 2 heterocycles. The summed E-state index contributed by atoms with van der Waals surface area (Å²) in [5, 5.41) is 2.24. The van der Waals surface area contributed by atoms with Crippen molar-refractivity contribution in [3.05, 3.63) is 0 Å². The molecule has 2 saturated heterocycles. The first-order valence-electron chi connectivity index (χ1n) is 8.66. The van der Waals surface area contributed by atoms with Gasteiger partial charge in [-0.2, -0.15) is 0 Å². The Labute approximate surface area is 168 Å². The van der Waals surface area contributed by atoms with Crippen LogP contribution in [-0.4, -0.2) is 95.3 Å². The van der Waals surface area contributed by atoms with E-state index in [2.05, 4.69) is 5.32 Å². The molecule has 3 atom stereocenters. The Kier molecular flexibility index (Phi) is 8.48. The van der Waals surface area contributed by atoms with E-state index < -0.39 is 30.6 Å². The first-order valence-corrected chi connectivity index (χ1v) is 8.66. The number of rotatable bonds is 6. The van der Waals surface area contributed by atoms with Crippen molar-refractivity contribution >= 4 is 42.0 Å². The normalized spacial score (nSPS) is 22.2. The molecule has 0 aromatic carbocycles. The Morgan fingerprint density at radius 3 is 1.82 bits per heavy atom. The highest BCUT2D eigenvalue weighted by Gasteiger charge is 2.38. The maximum atomic E-state index is 12.3. The van der Waals surface area contributed by atoms with Gasteiger partial charge in [-0.1, -0.05) is 0 Å². The molecule has 2 rings (SSSR count). The third-order valence-corrected chi connectivity index (χ3v) is 4.81. The Bertz CT molecular complexity index is 623. The number of imide groups is 2. The van der Waals surface area contributed by atoms with E-state index in [1.54, 1.807) is 9.80 Å². The number of carbonyl (C=O) groups is 5. The standard InChI is InChI=1S/C16H25N5O6.ClH/c1-9(17)16(26)27-8-21-14(24)6-20(7-15(21)25)11(3)10(2)19-4-12(22)18-13(23)5-19;/h9-11H,4-8,17H2,1-3H3,(H,18,22,23);1H/t9-,10?,11?;/m0./s1. The maximum absolute atomic E-state index is 12.3. The van der Waals surface area contributed by atoms with Crippen molar-refractivity contribution < 1.29 is 28.7 Å². The molecule has 0 spiro atoms. The SMILES string of the molecule is CC(C(C)N1CC(=O)N(COC(=O)[C@H](C)N)C(=O)C1)N1CC(=O)NC(=O)C1.Cl. The molecule has 2 fully saturated rings. The number of ether oxygens (including phenoxy) is 1. The quantitative estimate of drug-likeness (QED) is 0.357. The number of hydrogen-bond donors (Lipinski definition) is 2. The van der Waals surface area contributed by atoms with E-state index in [4.69, 9.17) is 10.5 Å². The summed E-state index contributed by atoms with van der Waals surface area (Å²) < 4.78 is 4.86. The molecule has 2 aliphatic heterocycles. The lowest BCUT2D eigenvalue weighted by molar-refractivity contribution is -0.165. The average molecular weight is 420 g/mol. The number of piperazine rings is 2. The van der Waals surface area contributed by atoms with Gasteiger partial charge in [0.2, 0.25) is 23.6 Å². The zero-order chi connectivity index (χ0) is 20.3. The van der Waals surface area contributed by atoms with Gasteiger partial charge in [-0.25, -0.2) is 4.90 Å². The van der Waals surface area contributed by atoms with Crippen molar-refractivity contribution in [3.63, 3.8) is 0 Å². The van der Waals surface area contributed by atoms with Crippen LogP contribution < -0.4 is 11.1 Å². The number of carbonyl (C=O) groups excluding carboxylic acids is 5. The molecule has 0 aromatic rings. The fourth-order valence-electron chi connectivity index (χ4n) is 2.96. The minimum Gasteiger partial charge on any atom is -0.443 e. The summed E-state index contributed by atoms with van der Waals surface area (Å²) >= 11 is 0. The van der Waals surface area contributed by atoms with Crippen LogP contribution in [0, 0.1) is 0 Å². The molecule has 3 N–H and O–H groups in total. The minimum absolute atomic E-state index is 0. The summed E-state index contributed by atoms with van der Waals surface area (Å²) in [6.07, 6.45) is 0. The van der Waals surface area contributed by atoms with Crippen molar-refractivity contribution in [2.75, 3.05) is 32.9 Å². The highest BCUT2D eigenvalue weighted by Crippen LogP contribution is 2.16. The van der Waals surface area contributed by atoms with Crippen LogP contribution in [0.25, 0.3) is 0 Å². The van der Waals surface area contributed by atoms with E-state index in [-0.39, 0.29) is 62.5 Å². The Morgan fingerprint density at radius 2 is 1.39 bits per heavy atom. The lowest BCUT2D eigenvalue weighted by Crippen LogP contribution is -2.62. The van der Waals surface area contributed by atoms with Gasteiger partial charge >= 0.3 is 5.97 Å². The summed E-state index contributed by atoms with van der Waals surface area (Å²) in [6.45, 7) is 4.71. The molecule has 158 valence electrons. The van der Waals surface area contributed by atoms with Crippen LogP contribution in [0.15, 0.2) is 0 Å². The van der Waals surface area contributed by atoms with Gasteiger partial charge in [0.15, 0.2) is 6.73 Å². The second-order valence-corrected chi connectivity index (χ2v) is 6.86. The molecule has 0 radical (unpaired) electrons. The summed E-state index contributed by atoms with van der Waals surface area (Å²) in [7, 11) is 0. The minimum atomic E-state index is -0.846. The average Bonchev–Trinajstić information content (AvgIpc) is 2.58. The van der Waals surface area contributed by atoms with Gasteiger partial charge < -0.3 is 10.5 Å². The van der Waals surface area contributed by atoms with Crippen LogP contribution in [0.5, 0.6) is 0 Å². The highest BCUT2D eigenvalue weighted by molar-refractivity contribution is 6.00. The van der Waals surface area contributed by atoms with E-state index in [1.807, 2.05) is 13.8 Å².